The van der Waals surface area contributed by atoms with Crippen molar-refractivity contribution in [3.05, 3.63) is 35.4 Å². The highest BCUT2D eigenvalue weighted by atomic mass is 32.1. The fourth-order valence-electron chi connectivity index (χ4n) is 1.75. The molecule has 3 rings (SSSR count). The largest absolute Gasteiger partial charge is 0.378 e. The van der Waals surface area contributed by atoms with Crippen LogP contribution >= 0.6 is 11.3 Å². The van der Waals surface area contributed by atoms with E-state index in [-0.39, 0.29) is 0 Å². The van der Waals surface area contributed by atoms with Crippen LogP contribution in [-0.4, -0.2) is 19.7 Å². The minimum absolute atomic E-state index is 0.668. The normalized spacial score (nSPS) is 11.0. The van der Waals surface area contributed by atoms with Gasteiger partial charge in [0.2, 0.25) is 0 Å². The SMILES string of the molecule is Cc1nnc(CNc2ccc3ncsc3c2)n1C. The van der Waals surface area contributed by atoms with Crippen molar-refractivity contribution in [3.8, 4) is 0 Å². The zero-order valence-corrected chi connectivity index (χ0v) is 11.0. The molecule has 1 aromatic carbocycles. The van der Waals surface area contributed by atoms with Gasteiger partial charge in [0, 0.05) is 12.7 Å². The molecule has 0 saturated heterocycles. The zero-order chi connectivity index (χ0) is 12.5. The molecule has 18 heavy (non-hydrogen) atoms. The van der Waals surface area contributed by atoms with E-state index in [2.05, 4.69) is 26.6 Å². The summed E-state index contributed by atoms with van der Waals surface area (Å²) < 4.78 is 3.17. The number of aryl methyl sites for hydroxylation is 1. The van der Waals surface area contributed by atoms with Crippen LogP contribution in [0.25, 0.3) is 10.2 Å². The summed E-state index contributed by atoms with van der Waals surface area (Å²) in [6.07, 6.45) is 0. The Balaban J connectivity index is 1.78. The highest BCUT2D eigenvalue weighted by Crippen LogP contribution is 2.22. The fourth-order valence-corrected chi connectivity index (χ4v) is 2.47. The molecule has 3 aromatic rings. The average Bonchev–Trinajstić information content (AvgIpc) is 2.96. The van der Waals surface area contributed by atoms with Crippen molar-refractivity contribution < 1.29 is 0 Å². The highest BCUT2D eigenvalue weighted by molar-refractivity contribution is 7.16. The number of thiazole rings is 1. The number of fused-ring (bicyclic) bond motifs is 1. The predicted octanol–water partition coefficient (Wildman–Crippen LogP) is 2.35. The summed E-state index contributed by atoms with van der Waals surface area (Å²) in [6.45, 7) is 2.61. The Morgan fingerprint density at radius 2 is 2.22 bits per heavy atom. The van der Waals surface area contributed by atoms with E-state index < -0.39 is 0 Å². The quantitative estimate of drug-likeness (QED) is 0.784. The molecule has 0 saturated carbocycles. The standard InChI is InChI=1S/C12H13N5S/c1-8-15-16-12(17(8)2)6-13-9-3-4-10-11(5-9)18-7-14-10/h3-5,7,13H,6H2,1-2H3. The number of anilines is 1. The van der Waals surface area contributed by atoms with E-state index in [1.165, 1.54) is 4.70 Å². The first-order chi connectivity index (χ1) is 8.74. The van der Waals surface area contributed by atoms with Gasteiger partial charge in [-0.15, -0.1) is 21.5 Å². The molecule has 0 bridgehead atoms. The minimum atomic E-state index is 0.668. The van der Waals surface area contributed by atoms with Crippen molar-refractivity contribution in [2.45, 2.75) is 13.5 Å². The van der Waals surface area contributed by atoms with Crippen LogP contribution in [0, 0.1) is 6.92 Å². The first-order valence-electron chi connectivity index (χ1n) is 5.66. The molecule has 5 nitrogen and oxygen atoms in total. The number of rotatable bonds is 3. The Bertz CT molecular complexity index is 685. The van der Waals surface area contributed by atoms with Crippen LogP contribution in [0.1, 0.15) is 11.6 Å². The summed E-state index contributed by atoms with van der Waals surface area (Å²) in [4.78, 5) is 4.26. The lowest BCUT2D eigenvalue weighted by atomic mass is 10.3. The molecule has 0 spiro atoms. The number of hydrogen-bond donors (Lipinski definition) is 1. The molecule has 0 unspecified atom stereocenters. The minimum Gasteiger partial charge on any atom is -0.378 e. The van der Waals surface area contributed by atoms with Crippen molar-refractivity contribution in [1.82, 2.24) is 19.7 Å². The number of nitrogens with zero attached hydrogens (tertiary/aromatic N) is 4. The number of hydrogen-bond acceptors (Lipinski definition) is 5. The second kappa shape index (κ2) is 4.38. The van der Waals surface area contributed by atoms with E-state index in [9.17, 15) is 0 Å². The Morgan fingerprint density at radius 3 is 3.00 bits per heavy atom. The second-order valence-corrected chi connectivity index (χ2v) is 5.00. The smallest absolute Gasteiger partial charge is 0.152 e. The lowest BCUT2D eigenvalue weighted by Gasteiger charge is -2.06. The van der Waals surface area contributed by atoms with Crippen molar-refractivity contribution in [2.75, 3.05) is 5.32 Å². The average molecular weight is 259 g/mol. The van der Waals surface area contributed by atoms with E-state index in [4.69, 9.17) is 0 Å². The van der Waals surface area contributed by atoms with Gasteiger partial charge in [0.15, 0.2) is 5.82 Å². The third-order valence-electron chi connectivity index (χ3n) is 2.96. The number of aromatic nitrogens is 4. The van der Waals surface area contributed by atoms with Gasteiger partial charge >= 0.3 is 0 Å². The van der Waals surface area contributed by atoms with Gasteiger partial charge in [0.05, 0.1) is 22.3 Å². The van der Waals surface area contributed by atoms with Gasteiger partial charge in [-0.3, -0.25) is 0 Å². The van der Waals surface area contributed by atoms with Crippen molar-refractivity contribution in [3.63, 3.8) is 0 Å². The molecule has 92 valence electrons. The summed E-state index contributed by atoms with van der Waals surface area (Å²) in [7, 11) is 1.97. The molecule has 6 heteroatoms. The molecule has 0 atom stereocenters. The maximum atomic E-state index is 4.26. The molecule has 0 radical (unpaired) electrons. The maximum Gasteiger partial charge on any atom is 0.152 e. The zero-order valence-electron chi connectivity index (χ0n) is 10.2. The fraction of sp³-hybridized carbons (Fsp3) is 0.250. The molecule has 2 heterocycles. The number of nitrogens with one attached hydrogen (secondary N) is 1. The van der Waals surface area contributed by atoms with Gasteiger partial charge < -0.3 is 9.88 Å². The summed E-state index contributed by atoms with van der Waals surface area (Å²) in [5.41, 5.74) is 3.98. The molecule has 0 aliphatic carbocycles. The third-order valence-corrected chi connectivity index (χ3v) is 3.76. The number of benzene rings is 1. The van der Waals surface area contributed by atoms with Gasteiger partial charge in [-0.05, 0) is 25.1 Å². The molecular weight excluding hydrogens is 246 g/mol. The van der Waals surface area contributed by atoms with Crippen LogP contribution in [0.5, 0.6) is 0 Å². The van der Waals surface area contributed by atoms with Gasteiger partial charge in [-0.25, -0.2) is 4.98 Å². The van der Waals surface area contributed by atoms with Gasteiger partial charge in [0.25, 0.3) is 0 Å². The van der Waals surface area contributed by atoms with Crippen LogP contribution in [0.3, 0.4) is 0 Å². The van der Waals surface area contributed by atoms with E-state index in [1.54, 1.807) is 11.3 Å². The van der Waals surface area contributed by atoms with E-state index >= 15 is 0 Å². The molecule has 2 aromatic heterocycles. The Labute approximate surface area is 109 Å². The summed E-state index contributed by atoms with van der Waals surface area (Å²) in [5, 5.41) is 11.5. The Hall–Kier alpha value is -1.95. The Morgan fingerprint density at radius 1 is 1.33 bits per heavy atom. The van der Waals surface area contributed by atoms with Gasteiger partial charge in [-0.2, -0.15) is 0 Å². The molecule has 0 amide bonds. The maximum absolute atomic E-state index is 4.26. The first kappa shape index (κ1) is 11.2. The van der Waals surface area contributed by atoms with E-state index in [0.29, 0.717) is 6.54 Å². The molecule has 0 aliphatic rings. The summed E-state index contributed by atoms with van der Waals surface area (Å²) in [6, 6.07) is 6.16. The lowest BCUT2D eigenvalue weighted by Crippen LogP contribution is -2.06. The monoisotopic (exact) mass is 259 g/mol. The van der Waals surface area contributed by atoms with Crippen molar-refractivity contribution >= 4 is 27.2 Å². The van der Waals surface area contributed by atoms with E-state index in [1.807, 2.05) is 36.2 Å². The van der Waals surface area contributed by atoms with Crippen molar-refractivity contribution in [1.29, 1.82) is 0 Å². The second-order valence-electron chi connectivity index (χ2n) is 4.11. The Kier molecular flexibility index (Phi) is 2.71. The lowest BCUT2D eigenvalue weighted by molar-refractivity contribution is 0.789. The van der Waals surface area contributed by atoms with Crippen molar-refractivity contribution in [2.24, 2.45) is 7.05 Å². The molecule has 0 aliphatic heterocycles. The molecular formula is C12H13N5S. The predicted molar refractivity (Wildman–Crippen MR) is 72.7 cm³/mol. The topological polar surface area (TPSA) is 55.6 Å². The van der Waals surface area contributed by atoms with Gasteiger partial charge in [-0.1, -0.05) is 0 Å². The third kappa shape index (κ3) is 1.95. The van der Waals surface area contributed by atoms with Crippen LogP contribution in [0.2, 0.25) is 0 Å². The van der Waals surface area contributed by atoms with Crippen LogP contribution in [0.4, 0.5) is 5.69 Å². The molecule has 0 fully saturated rings. The summed E-state index contributed by atoms with van der Waals surface area (Å²) >= 11 is 1.65. The summed E-state index contributed by atoms with van der Waals surface area (Å²) in [5.74, 6) is 1.85. The van der Waals surface area contributed by atoms with Crippen LogP contribution in [0.15, 0.2) is 23.7 Å². The van der Waals surface area contributed by atoms with E-state index in [0.717, 1.165) is 22.9 Å². The highest BCUT2D eigenvalue weighted by Gasteiger charge is 2.04. The van der Waals surface area contributed by atoms with Gasteiger partial charge in [0.1, 0.15) is 5.82 Å². The van der Waals surface area contributed by atoms with Crippen LogP contribution in [-0.2, 0) is 13.6 Å². The van der Waals surface area contributed by atoms with Crippen LogP contribution < -0.4 is 5.32 Å². The first-order valence-corrected chi connectivity index (χ1v) is 6.54. The molecule has 1 N–H and O–H groups in total.